The molecule has 1 aromatic carbocycles. The van der Waals surface area contributed by atoms with Crippen molar-refractivity contribution in [1.82, 2.24) is 14.8 Å². The van der Waals surface area contributed by atoms with E-state index in [4.69, 9.17) is 4.42 Å². The molecule has 7 nitrogen and oxygen atoms in total. The summed E-state index contributed by atoms with van der Waals surface area (Å²) < 4.78 is 33.9. The van der Waals surface area contributed by atoms with Crippen LogP contribution in [0.5, 0.6) is 0 Å². The topological polar surface area (TPSA) is 81.2 Å². The van der Waals surface area contributed by atoms with Crippen LogP contribution in [0.2, 0.25) is 0 Å². The van der Waals surface area contributed by atoms with Gasteiger partial charge in [-0.3, -0.25) is 0 Å². The van der Waals surface area contributed by atoms with E-state index >= 15 is 0 Å². The number of sulfonamides is 1. The van der Waals surface area contributed by atoms with Crippen LogP contribution in [-0.4, -0.2) is 29.7 Å². The normalized spacial score (nSPS) is 15.3. The lowest BCUT2D eigenvalue weighted by molar-refractivity contribution is 0.472. The fourth-order valence-electron chi connectivity index (χ4n) is 2.49. The molecule has 0 N–H and O–H groups in total. The third-order valence-corrected chi connectivity index (χ3v) is 5.13. The summed E-state index contributed by atoms with van der Waals surface area (Å²) in [4.78, 5) is 4.04. The highest BCUT2D eigenvalue weighted by Crippen LogP contribution is 2.29. The largest absolute Gasteiger partial charge is 0.443 e. The summed E-state index contributed by atoms with van der Waals surface area (Å²) in [7, 11) is -3.76. The zero-order valence-corrected chi connectivity index (χ0v) is 11.8. The van der Waals surface area contributed by atoms with Crippen LogP contribution in [0.4, 0.5) is 5.95 Å². The van der Waals surface area contributed by atoms with Gasteiger partial charge >= 0.3 is 0 Å². The van der Waals surface area contributed by atoms with Gasteiger partial charge in [0.25, 0.3) is 10.0 Å². The van der Waals surface area contributed by atoms with Gasteiger partial charge in [0, 0.05) is 24.5 Å². The number of benzene rings is 1. The average molecular weight is 304 g/mol. The molecule has 0 saturated carbocycles. The first-order chi connectivity index (χ1) is 10.2. The Morgan fingerprint density at radius 1 is 1.19 bits per heavy atom. The number of furan rings is 1. The molecular formula is C13H12N4O3S. The minimum absolute atomic E-state index is 0.0693. The van der Waals surface area contributed by atoms with Gasteiger partial charge in [0.1, 0.15) is 11.9 Å². The third kappa shape index (κ3) is 1.83. The molecule has 1 aliphatic rings. The molecule has 0 atom stereocenters. The van der Waals surface area contributed by atoms with Crippen LogP contribution < -0.4 is 4.31 Å². The number of hydrogen-bond donors (Lipinski definition) is 0. The summed E-state index contributed by atoms with van der Waals surface area (Å²) in [6.45, 7) is 1.04. The van der Waals surface area contributed by atoms with E-state index < -0.39 is 10.0 Å². The van der Waals surface area contributed by atoms with E-state index in [0.717, 1.165) is 5.39 Å². The van der Waals surface area contributed by atoms with Crippen molar-refractivity contribution in [1.29, 1.82) is 0 Å². The highest BCUT2D eigenvalue weighted by atomic mass is 32.2. The third-order valence-electron chi connectivity index (χ3n) is 3.50. The first kappa shape index (κ1) is 12.4. The lowest BCUT2D eigenvalue weighted by atomic mass is 10.3. The summed E-state index contributed by atoms with van der Waals surface area (Å²) in [6, 6.07) is 8.75. The quantitative estimate of drug-likeness (QED) is 0.718. The summed E-state index contributed by atoms with van der Waals surface area (Å²) in [5, 5.41) is 4.72. The SMILES string of the molecule is O=S(=O)(c1cc2ccccc2o1)N1CCCn2ncnc21. The zero-order chi connectivity index (χ0) is 14.4. The Hall–Kier alpha value is -2.35. The monoisotopic (exact) mass is 304 g/mol. The second-order valence-corrected chi connectivity index (χ2v) is 6.61. The number of anilines is 1. The molecule has 3 aromatic rings. The maximum Gasteiger partial charge on any atom is 0.300 e. The Morgan fingerprint density at radius 3 is 2.90 bits per heavy atom. The van der Waals surface area contributed by atoms with E-state index in [1.807, 2.05) is 12.1 Å². The van der Waals surface area contributed by atoms with Gasteiger partial charge in [0.15, 0.2) is 0 Å². The number of aromatic nitrogens is 3. The Morgan fingerprint density at radius 2 is 2.05 bits per heavy atom. The van der Waals surface area contributed by atoms with Crippen LogP contribution >= 0.6 is 0 Å². The predicted molar refractivity (Wildman–Crippen MR) is 75.4 cm³/mol. The molecule has 0 radical (unpaired) electrons. The van der Waals surface area contributed by atoms with E-state index in [-0.39, 0.29) is 5.09 Å². The molecule has 1 aliphatic heterocycles. The summed E-state index contributed by atoms with van der Waals surface area (Å²) >= 11 is 0. The smallest absolute Gasteiger partial charge is 0.300 e. The molecule has 21 heavy (non-hydrogen) atoms. The summed E-state index contributed by atoms with van der Waals surface area (Å²) in [6.07, 6.45) is 2.05. The van der Waals surface area contributed by atoms with E-state index in [1.54, 1.807) is 22.9 Å². The lowest BCUT2D eigenvalue weighted by Gasteiger charge is -2.25. The van der Waals surface area contributed by atoms with E-state index in [0.29, 0.717) is 31.0 Å². The summed E-state index contributed by atoms with van der Waals surface area (Å²) in [5.41, 5.74) is 0.551. The molecular weight excluding hydrogens is 292 g/mol. The molecule has 8 heteroatoms. The van der Waals surface area contributed by atoms with E-state index in [2.05, 4.69) is 10.1 Å². The van der Waals surface area contributed by atoms with Crippen LogP contribution in [0.3, 0.4) is 0 Å². The van der Waals surface area contributed by atoms with Gasteiger partial charge in [-0.25, -0.2) is 8.99 Å². The first-order valence-electron chi connectivity index (χ1n) is 6.55. The van der Waals surface area contributed by atoms with Crippen molar-refractivity contribution >= 4 is 26.9 Å². The average Bonchev–Trinajstić information content (AvgIpc) is 3.13. The van der Waals surface area contributed by atoms with Gasteiger partial charge in [-0.15, -0.1) is 0 Å². The Labute approximate surface area is 120 Å². The Balaban J connectivity index is 1.84. The van der Waals surface area contributed by atoms with Crippen molar-refractivity contribution in [3.8, 4) is 0 Å². The highest BCUT2D eigenvalue weighted by Gasteiger charge is 2.33. The van der Waals surface area contributed by atoms with Gasteiger partial charge in [-0.2, -0.15) is 18.5 Å². The minimum atomic E-state index is -3.76. The molecule has 2 aromatic heterocycles. The standard InChI is InChI=1S/C13H12N4O3S/c18-21(19,12-8-10-4-1-2-5-11(10)20-12)17-7-3-6-16-13(17)14-9-15-16/h1-2,4-5,8-9H,3,6-7H2. The van der Waals surface area contributed by atoms with Gasteiger partial charge in [0.05, 0.1) is 0 Å². The molecule has 0 spiro atoms. The van der Waals surface area contributed by atoms with Gasteiger partial charge in [0.2, 0.25) is 11.0 Å². The fraction of sp³-hybridized carbons (Fsp3) is 0.231. The molecule has 4 rings (SSSR count). The van der Waals surface area contributed by atoms with Crippen molar-refractivity contribution in [2.45, 2.75) is 18.1 Å². The maximum absolute atomic E-state index is 12.8. The Bertz CT molecular complexity index is 879. The van der Waals surface area contributed by atoms with Crippen molar-refractivity contribution < 1.29 is 12.8 Å². The lowest BCUT2D eigenvalue weighted by Crippen LogP contribution is -2.37. The number of aryl methyl sites for hydroxylation is 1. The van der Waals surface area contributed by atoms with Crippen molar-refractivity contribution in [3.63, 3.8) is 0 Å². The second kappa shape index (κ2) is 4.32. The fourth-order valence-corrected chi connectivity index (χ4v) is 3.91. The van der Waals surface area contributed by atoms with E-state index in [9.17, 15) is 8.42 Å². The van der Waals surface area contributed by atoms with Crippen LogP contribution in [0.15, 0.2) is 46.2 Å². The van der Waals surface area contributed by atoms with E-state index in [1.165, 1.54) is 10.6 Å². The summed E-state index contributed by atoms with van der Waals surface area (Å²) in [5.74, 6) is 0.335. The molecule has 108 valence electrons. The number of rotatable bonds is 2. The molecule has 0 fully saturated rings. The van der Waals surface area contributed by atoms with Crippen LogP contribution in [0, 0.1) is 0 Å². The Kier molecular flexibility index (Phi) is 2.55. The van der Waals surface area contributed by atoms with Crippen LogP contribution in [-0.2, 0) is 16.6 Å². The van der Waals surface area contributed by atoms with Gasteiger partial charge in [-0.1, -0.05) is 18.2 Å². The maximum atomic E-state index is 12.8. The number of nitrogens with zero attached hydrogens (tertiary/aromatic N) is 4. The minimum Gasteiger partial charge on any atom is -0.443 e. The van der Waals surface area contributed by atoms with Crippen molar-refractivity contribution in [3.05, 3.63) is 36.7 Å². The van der Waals surface area contributed by atoms with Crippen LogP contribution in [0.25, 0.3) is 11.0 Å². The number of para-hydroxylation sites is 1. The molecule has 0 amide bonds. The molecule has 0 aliphatic carbocycles. The number of hydrogen-bond acceptors (Lipinski definition) is 5. The number of fused-ring (bicyclic) bond motifs is 2. The van der Waals surface area contributed by atoms with Gasteiger partial charge < -0.3 is 4.42 Å². The zero-order valence-electron chi connectivity index (χ0n) is 11.0. The van der Waals surface area contributed by atoms with Crippen molar-refractivity contribution in [2.75, 3.05) is 10.8 Å². The molecule has 3 heterocycles. The second-order valence-electron chi connectivity index (χ2n) is 4.82. The molecule has 0 unspecified atom stereocenters. The van der Waals surface area contributed by atoms with Crippen LogP contribution in [0.1, 0.15) is 6.42 Å². The molecule has 0 saturated heterocycles. The van der Waals surface area contributed by atoms with Crippen molar-refractivity contribution in [2.24, 2.45) is 0 Å². The van der Waals surface area contributed by atoms with Gasteiger partial charge in [-0.05, 0) is 12.5 Å². The predicted octanol–water partition coefficient (Wildman–Crippen LogP) is 1.62. The molecule has 0 bridgehead atoms. The highest BCUT2D eigenvalue weighted by molar-refractivity contribution is 7.92. The first-order valence-corrected chi connectivity index (χ1v) is 7.99.